The molecule has 8 heteroatoms. The summed E-state index contributed by atoms with van der Waals surface area (Å²) in [6.07, 6.45) is 1.22. The molecular weight excluding hydrogens is 338 g/mol. The van der Waals surface area contributed by atoms with Crippen molar-refractivity contribution in [1.29, 1.82) is 0 Å². The normalized spacial score (nSPS) is 17.7. The van der Waals surface area contributed by atoms with Gasteiger partial charge < -0.3 is 18.6 Å². The van der Waals surface area contributed by atoms with Crippen LogP contribution in [-0.2, 0) is 27.8 Å². The smallest absolute Gasteiger partial charge is 0.200 e. The van der Waals surface area contributed by atoms with Gasteiger partial charge in [0.25, 0.3) is 0 Å². The van der Waals surface area contributed by atoms with Gasteiger partial charge in [0.15, 0.2) is 14.7 Å². The van der Waals surface area contributed by atoms with Crippen molar-refractivity contribution in [3.8, 4) is 0 Å². The fourth-order valence-electron chi connectivity index (χ4n) is 2.21. The van der Waals surface area contributed by atoms with E-state index in [2.05, 4.69) is 0 Å². The number of hydrogen-bond acceptors (Lipinski definition) is 6. The molecule has 2 atom stereocenters. The largest absolute Gasteiger partial charge is 0.326 e. The Balaban J connectivity index is 4.88. The molecule has 0 fully saturated rings. The lowest BCUT2D eigenvalue weighted by Crippen LogP contribution is -2.28. The third-order valence-electron chi connectivity index (χ3n) is 3.30. The van der Waals surface area contributed by atoms with Gasteiger partial charge in [0, 0.05) is 25.7 Å². The van der Waals surface area contributed by atoms with E-state index in [0.29, 0.717) is 12.6 Å². The maximum Gasteiger partial charge on any atom is 0.200 e. The lowest BCUT2D eigenvalue weighted by Gasteiger charge is -2.26. The fraction of sp³-hybridized carbons (Fsp3) is 0.867. The molecule has 0 aliphatic carbocycles. The average molecular weight is 368 g/mol. The SMILES string of the molecule is CC(C)OP(C)(=O)CCC(C=O)(C=O)CCP(C)(=O)OC(C)C. The van der Waals surface area contributed by atoms with Gasteiger partial charge >= 0.3 is 0 Å². The van der Waals surface area contributed by atoms with Crippen molar-refractivity contribution < 1.29 is 27.8 Å². The van der Waals surface area contributed by atoms with Crippen LogP contribution in [0.5, 0.6) is 0 Å². The highest BCUT2D eigenvalue weighted by Gasteiger charge is 2.34. The predicted molar refractivity (Wildman–Crippen MR) is 93.0 cm³/mol. The number of rotatable bonds is 12. The van der Waals surface area contributed by atoms with Crippen LogP contribution >= 0.6 is 14.7 Å². The quantitative estimate of drug-likeness (QED) is 0.296. The molecule has 0 aliphatic rings. The predicted octanol–water partition coefficient (Wildman–Crippen LogP) is 3.82. The summed E-state index contributed by atoms with van der Waals surface area (Å²) in [6.45, 7) is 10.1. The minimum absolute atomic E-state index is 0.113. The first-order valence-corrected chi connectivity index (χ1v) is 12.3. The third-order valence-corrected chi connectivity index (χ3v) is 7.11. The Morgan fingerprint density at radius 2 is 1.13 bits per heavy atom. The monoisotopic (exact) mass is 368 g/mol. The molecule has 0 rings (SSSR count). The summed E-state index contributed by atoms with van der Waals surface area (Å²) in [4.78, 5) is 22.9. The molecule has 0 saturated heterocycles. The van der Waals surface area contributed by atoms with E-state index in [9.17, 15) is 18.7 Å². The lowest BCUT2D eigenvalue weighted by atomic mass is 9.86. The standard InChI is InChI=1S/C15H30O6P2/c1-13(2)20-22(5,18)9-7-15(11-16,12-17)8-10-23(6,19)21-14(3)4/h11-14H,7-10H2,1-6H3. The van der Waals surface area contributed by atoms with Crippen molar-refractivity contribution >= 4 is 27.3 Å². The van der Waals surface area contributed by atoms with Gasteiger partial charge in [0.05, 0.1) is 17.6 Å². The van der Waals surface area contributed by atoms with E-state index in [1.165, 1.54) is 13.3 Å². The van der Waals surface area contributed by atoms with E-state index in [1.54, 1.807) is 27.7 Å². The van der Waals surface area contributed by atoms with Gasteiger partial charge in [0.2, 0.25) is 0 Å². The Morgan fingerprint density at radius 1 is 0.826 bits per heavy atom. The van der Waals surface area contributed by atoms with Gasteiger partial charge in [-0.15, -0.1) is 0 Å². The Morgan fingerprint density at radius 3 is 1.35 bits per heavy atom. The third kappa shape index (κ3) is 9.56. The van der Waals surface area contributed by atoms with Crippen LogP contribution in [0.15, 0.2) is 0 Å². The molecule has 0 spiro atoms. The zero-order valence-electron chi connectivity index (χ0n) is 15.0. The fourth-order valence-corrected chi connectivity index (χ4v) is 5.85. The Hall–Kier alpha value is -0.280. The van der Waals surface area contributed by atoms with Gasteiger partial charge in [-0.1, -0.05) is 0 Å². The molecule has 0 bridgehead atoms. The summed E-state index contributed by atoms with van der Waals surface area (Å²) in [5.74, 6) is 0. The van der Waals surface area contributed by atoms with Crippen LogP contribution in [0.2, 0.25) is 0 Å². The van der Waals surface area contributed by atoms with E-state index < -0.39 is 20.2 Å². The highest BCUT2D eigenvalue weighted by molar-refractivity contribution is 7.58. The van der Waals surface area contributed by atoms with Crippen molar-refractivity contribution in [1.82, 2.24) is 0 Å². The summed E-state index contributed by atoms with van der Waals surface area (Å²) >= 11 is 0. The van der Waals surface area contributed by atoms with E-state index in [-0.39, 0.29) is 37.4 Å². The van der Waals surface area contributed by atoms with Crippen LogP contribution < -0.4 is 0 Å². The average Bonchev–Trinajstić information content (AvgIpc) is 2.37. The van der Waals surface area contributed by atoms with E-state index in [1.807, 2.05) is 0 Å². The Bertz CT molecular complexity index is 442. The van der Waals surface area contributed by atoms with Gasteiger partial charge in [-0.25, -0.2) is 0 Å². The zero-order chi connectivity index (χ0) is 18.3. The minimum atomic E-state index is -2.88. The van der Waals surface area contributed by atoms with Crippen molar-refractivity contribution in [3.05, 3.63) is 0 Å². The van der Waals surface area contributed by atoms with Crippen LogP contribution in [0, 0.1) is 5.41 Å². The van der Waals surface area contributed by atoms with Crippen LogP contribution in [0.4, 0.5) is 0 Å². The topological polar surface area (TPSA) is 86.7 Å². The first kappa shape index (κ1) is 22.7. The molecule has 0 aromatic carbocycles. The molecule has 0 aromatic rings. The molecule has 0 saturated carbocycles. The van der Waals surface area contributed by atoms with E-state index in [0.717, 1.165) is 0 Å². The van der Waals surface area contributed by atoms with Gasteiger partial charge in [0.1, 0.15) is 12.6 Å². The Labute approximate surface area is 139 Å². The highest BCUT2D eigenvalue weighted by Crippen LogP contribution is 2.49. The summed E-state index contributed by atoms with van der Waals surface area (Å²) in [5.41, 5.74) is -1.29. The molecule has 6 nitrogen and oxygen atoms in total. The summed E-state index contributed by atoms with van der Waals surface area (Å²) in [5, 5.41) is 0. The van der Waals surface area contributed by atoms with Crippen molar-refractivity contribution in [2.24, 2.45) is 5.41 Å². The molecular formula is C15H30O6P2. The van der Waals surface area contributed by atoms with Gasteiger partial charge in [-0.3, -0.25) is 9.13 Å². The Kier molecular flexibility index (Phi) is 9.15. The first-order chi connectivity index (χ1) is 10.4. The van der Waals surface area contributed by atoms with Crippen LogP contribution in [0.3, 0.4) is 0 Å². The maximum atomic E-state index is 12.3. The summed E-state index contributed by atoms with van der Waals surface area (Å²) in [7, 11) is -5.75. The van der Waals surface area contributed by atoms with Crippen LogP contribution in [0.25, 0.3) is 0 Å². The molecule has 0 N–H and O–H groups in total. The second-order valence-electron chi connectivity index (χ2n) is 6.75. The van der Waals surface area contributed by atoms with Crippen LogP contribution in [0.1, 0.15) is 40.5 Å². The van der Waals surface area contributed by atoms with Gasteiger partial charge in [-0.05, 0) is 40.5 Å². The zero-order valence-corrected chi connectivity index (χ0v) is 16.8. The second kappa shape index (κ2) is 9.27. The number of hydrogen-bond donors (Lipinski definition) is 0. The van der Waals surface area contributed by atoms with Crippen molar-refractivity contribution in [2.45, 2.75) is 52.7 Å². The molecule has 0 aliphatic heterocycles. The van der Waals surface area contributed by atoms with Crippen molar-refractivity contribution in [3.63, 3.8) is 0 Å². The van der Waals surface area contributed by atoms with E-state index in [4.69, 9.17) is 9.05 Å². The lowest BCUT2D eigenvalue weighted by molar-refractivity contribution is -0.126. The minimum Gasteiger partial charge on any atom is -0.326 e. The summed E-state index contributed by atoms with van der Waals surface area (Å²) in [6, 6.07) is 0. The number of carbonyl (C=O) groups excluding carboxylic acids is 2. The first-order valence-electron chi connectivity index (χ1n) is 7.79. The van der Waals surface area contributed by atoms with Gasteiger partial charge in [-0.2, -0.15) is 0 Å². The highest BCUT2D eigenvalue weighted by atomic mass is 31.2. The van der Waals surface area contributed by atoms with E-state index >= 15 is 0 Å². The number of carbonyl (C=O) groups is 2. The molecule has 23 heavy (non-hydrogen) atoms. The molecule has 0 radical (unpaired) electrons. The van der Waals surface area contributed by atoms with Crippen LogP contribution in [-0.4, -0.2) is 50.4 Å². The molecule has 136 valence electrons. The molecule has 0 aromatic heterocycles. The second-order valence-corrected chi connectivity index (χ2v) is 12.1. The molecule has 2 unspecified atom stereocenters. The number of aldehydes is 2. The molecule has 0 heterocycles. The molecule has 0 amide bonds. The van der Waals surface area contributed by atoms with Crippen molar-refractivity contribution in [2.75, 3.05) is 25.7 Å². The summed E-state index contributed by atoms with van der Waals surface area (Å²) < 4.78 is 35.4. The maximum absolute atomic E-state index is 12.3.